The molecule has 2 unspecified atom stereocenters. The summed E-state index contributed by atoms with van der Waals surface area (Å²) in [5.41, 5.74) is 14.4. The summed E-state index contributed by atoms with van der Waals surface area (Å²) in [4.78, 5) is 4.79. The molecule has 0 heterocycles. The Morgan fingerprint density at radius 1 is 0.354 bits per heavy atom. The Balaban J connectivity index is 1.17. The van der Waals surface area contributed by atoms with E-state index in [1.807, 2.05) is 0 Å². The molecule has 2 aliphatic rings. The molecule has 310 valence electrons. The maximum atomic E-state index is 2.53. The highest BCUT2D eigenvalue weighted by molar-refractivity contribution is 6.22. The predicted octanol–water partition coefficient (Wildman–Crippen LogP) is 17.5. The number of hydrogen-bond donors (Lipinski definition) is 0. The van der Waals surface area contributed by atoms with E-state index >= 15 is 0 Å². The Hall–Kier alpha value is -7.94. The van der Waals surface area contributed by atoms with Crippen LogP contribution in [-0.4, -0.2) is 0 Å². The lowest BCUT2D eigenvalue weighted by atomic mass is 9.74. The van der Waals surface area contributed by atoms with Crippen LogP contribution in [0.3, 0.4) is 0 Å². The fourth-order valence-electron chi connectivity index (χ4n) is 11.0. The first-order valence-electron chi connectivity index (χ1n) is 22.8. The van der Waals surface area contributed by atoms with E-state index in [1.165, 1.54) is 65.7 Å². The zero-order valence-corrected chi connectivity index (χ0v) is 36.6. The second-order valence-corrected chi connectivity index (χ2v) is 18.1. The summed E-state index contributed by atoms with van der Waals surface area (Å²) >= 11 is 0. The van der Waals surface area contributed by atoms with Crippen molar-refractivity contribution in [2.24, 2.45) is 5.92 Å². The first kappa shape index (κ1) is 38.7. The van der Waals surface area contributed by atoms with E-state index in [-0.39, 0.29) is 5.41 Å². The van der Waals surface area contributed by atoms with Gasteiger partial charge in [0.25, 0.3) is 0 Å². The first-order valence-corrected chi connectivity index (χ1v) is 22.8. The van der Waals surface area contributed by atoms with Crippen LogP contribution in [0.2, 0.25) is 0 Å². The second kappa shape index (κ2) is 15.7. The van der Waals surface area contributed by atoms with Crippen LogP contribution >= 0.6 is 0 Å². The number of rotatable bonds is 8. The van der Waals surface area contributed by atoms with Crippen LogP contribution in [-0.2, 0) is 5.41 Å². The van der Waals surface area contributed by atoms with Gasteiger partial charge < -0.3 is 9.80 Å². The van der Waals surface area contributed by atoms with Gasteiger partial charge in [0.15, 0.2) is 0 Å². The Morgan fingerprint density at radius 3 is 1.43 bits per heavy atom. The molecule has 0 aliphatic heterocycles. The van der Waals surface area contributed by atoms with E-state index in [2.05, 4.69) is 266 Å². The normalized spacial score (nSPS) is 15.8. The third kappa shape index (κ3) is 6.56. The van der Waals surface area contributed by atoms with Gasteiger partial charge >= 0.3 is 0 Å². The van der Waals surface area contributed by atoms with E-state index in [0.717, 1.165) is 34.1 Å². The number of para-hydroxylation sites is 3. The van der Waals surface area contributed by atoms with Gasteiger partial charge in [0.05, 0.1) is 0 Å². The molecule has 0 saturated carbocycles. The van der Waals surface area contributed by atoms with Gasteiger partial charge in [-0.15, -0.1) is 0 Å². The lowest BCUT2D eigenvalue weighted by molar-refractivity contribution is 0.394. The summed E-state index contributed by atoms with van der Waals surface area (Å²) in [5.74, 6) is 0.803. The van der Waals surface area contributed by atoms with Gasteiger partial charge in [0.1, 0.15) is 0 Å². The predicted molar refractivity (Wildman–Crippen MR) is 277 cm³/mol. The molecule has 2 aliphatic carbocycles. The van der Waals surface area contributed by atoms with Crippen LogP contribution in [0, 0.1) is 5.92 Å². The molecule has 2 atom stereocenters. The SMILES string of the molecule is CC1(C)c2cc(-c3c4ccc(N(c5ccccc5)c5ccc6ccccc6c5)cc4c(-c4ccccc4)c4ccc(N(c5ccccc5)c5ccccc5)cc34)ccc2C2C=CC=CC21. The lowest BCUT2D eigenvalue weighted by Crippen LogP contribution is -2.24. The third-order valence-corrected chi connectivity index (χ3v) is 14.1. The summed E-state index contributed by atoms with van der Waals surface area (Å²) in [6.07, 6.45) is 9.29. The fraction of sp³-hybridized carbons (Fsp3) is 0.0794. The average molecular weight is 833 g/mol. The number of hydrogen-bond acceptors (Lipinski definition) is 2. The van der Waals surface area contributed by atoms with Crippen molar-refractivity contribution in [3.8, 4) is 22.3 Å². The van der Waals surface area contributed by atoms with Crippen LogP contribution in [0.15, 0.2) is 243 Å². The molecule has 2 heteroatoms. The minimum atomic E-state index is -0.0291. The highest BCUT2D eigenvalue weighted by atomic mass is 15.1. The molecule has 0 radical (unpaired) electrons. The second-order valence-electron chi connectivity index (χ2n) is 18.1. The lowest BCUT2D eigenvalue weighted by Gasteiger charge is -2.29. The molecule has 12 rings (SSSR count). The highest BCUT2D eigenvalue weighted by Gasteiger charge is 2.44. The van der Waals surface area contributed by atoms with Gasteiger partial charge in [-0.3, -0.25) is 0 Å². The van der Waals surface area contributed by atoms with Crippen molar-refractivity contribution < 1.29 is 0 Å². The molecule has 0 bridgehead atoms. The Labute approximate surface area is 381 Å². The standard InChI is InChI=1S/C63H48N2/c1-63(2)59-30-18-17-29-53(59)54-36-32-46(40-60(54)63)62-56-38-35-52(65(49-27-13-6-14-28-49)50-33-31-43-19-15-16-22-45(43)39-50)42-57(56)61(44-20-7-3-8-21-44)55-37-34-51(41-58(55)62)64(47-23-9-4-10-24-47)48-25-11-5-12-26-48/h3-42,53,59H,1-2H3. The van der Waals surface area contributed by atoms with Crippen molar-refractivity contribution in [1.82, 2.24) is 0 Å². The monoisotopic (exact) mass is 832 g/mol. The third-order valence-electron chi connectivity index (χ3n) is 14.1. The van der Waals surface area contributed by atoms with Crippen LogP contribution < -0.4 is 9.80 Å². The van der Waals surface area contributed by atoms with E-state index in [9.17, 15) is 0 Å². The largest absolute Gasteiger partial charge is 0.310 e. The van der Waals surface area contributed by atoms with Crippen LogP contribution in [0.4, 0.5) is 34.1 Å². The molecule has 65 heavy (non-hydrogen) atoms. The fourth-order valence-corrected chi connectivity index (χ4v) is 11.0. The van der Waals surface area contributed by atoms with Crippen molar-refractivity contribution in [3.05, 3.63) is 254 Å². The van der Waals surface area contributed by atoms with Gasteiger partial charge in [-0.2, -0.15) is 0 Å². The van der Waals surface area contributed by atoms with Crippen molar-refractivity contribution in [1.29, 1.82) is 0 Å². The molecule has 0 aromatic heterocycles. The molecule has 10 aromatic carbocycles. The number of fused-ring (bicyclic) bond motifs is 6. The van der Waals surface area contributed by atoms with Crippen LogP contribution in [0.5, 0.6) is 0 Å². The topological polar surface area (TPSA) is 6.48 Å². The van der Waals surface area contributed by atoms with E-state index in [1.54, 1.807) is 0 Å². The van der Waals surface area contributed by atoms with Crippen LogP contribution in [0.1, 0.15) is 30.9 Å². The number of allylic oxidation sites excluding steroid dienone is 4. The van der Waals surface area contributed by atoms with Gasteiger partial charge in [0.2, 0.25) is 0 Å². The van der Waals surface area contributed by atoms with Gasteiger partial charge in [-0.1, -0.05) is 184 Å². The highest BCUT2D eigenvalue weighted by Crippen LogP contribution is 2.55. The van der Waals surface area contributed by atoms with Crippen molar-refractivity contribution in [3.63, 3.8) is 0 Å². The van der Waals surface area contributed by atoms with E-state index in [4.69, 9.17) is 0 Å². The Bertz CT molecular complexity index is 3420. The quantitative estimate of drug-likeness (QED) is 0.141. The first-order chi connectivity index (χ1) is 32.0. The molecule has 0 saturated heterocycles. The molecule has 0 N–H and O–H groups in total. The maximum absolute atomic E-state index is 2.53. The molecule has 0 amide bonds. The van der Waals surface area contributed by atoms with E-state index in [0.29, 0.717) is 11.8 Å². The smallest absolute Gasteiger partial charge is 0.0468 e. The zero-order valence-electron chi connectivity index (χ0n) is 36.6. The minimum Gasteiger partial charge on any atom is -0.310 e. The molecular weight excluding hydrogens is 785 g/mol. The minimum absolute atomic E-state index is 0.0291. The number of nitrogens with zero attached hydrogens (tertiary/aromatic N) is 2. The molecule has 0 fully saturated rings. The van der Waals surface area contributed by atoms with Crippen molar-refractivity contribution >= 4 is 66.4 Å². The average Bonchev–Trinajstić information content (AvgIpc) is 3.59. The summed E-state index contributed by atoms with van der Waals surface area (Å²) in [6.45, 7) is 4.87. The molecule has 2 nitrogen and oxygen atoms in total. The van der Waals surface area contributed by atoms with Gasteiger partial charge in [0, 0.05) is 40.0 Å². The number of benzene rings is 10. The summed E-state index contributed by atoms with van der Waals surface area (Å²) < 4.78 is 0. The molecule has 0 spiro atoms. The van der Waals surface area contributed by atoms with Gasteiger partial charge in [-0.25, -0.2) is 0 Å². The van der Waals surface area contributed by atoms with Crippen LogP contribution in [0.25, 0.3) is 54.6 Å². The van der Waals surface area contributed by atoms with Crippen molar-refractivity contribution in [2.75, 3.05) is 9.80 Å². The Morgan fingerprint density at radius 2 is 0.831 bits per heavy atom. The summed E-state index contributed by atoms with van der Waals surface area (Å²) in [7, 11) is 0. The summed E-state index contributed by atoms with van der Waals surface area (Å²) in [5, 5.41) is 7.33. The Kier molecular flexibility index (Phi) is 9.35. The maximum Gasteiger partial charge on any atom is 0.0468 e. The van der Waals surface area contributed by atoms with E-state index < -0.39 is 0 Å². The van der Waals surface area contributed by atoms with Crippen molar-refractivity contribution in [2.45, 2.75) is 25.2 Å². The summed E-state index contributed by atoms with van der Waals surface area (Å²) in [6, 6.07) is 80.4. The number of anilines is 6. The molecule has 10 aromatic rings. The molecular formula is C63H48N2. The zero-order chi connectivity index (χ0) is 43.5. The van der Waals surface area contributed by atoms with Gasteiger partial charge in [-0.05, 0) is 150 Å².